The summed E-state index contributed by atoms with van der Waals surface area (Å²) in [5, 5.41) is 6.48. The average Bonchev–Trinajstić information content (AvgIpc) is 3.13. The summed E-state index contributed by atoms with van der Waals surface area (Å²) in [4.78, 5) is 4.46. The molecule has 1 aromatic carbocycles. The Balaban J connectivity index is 2.15. The fraction of sp³-hybridized carbons (Fsp3) is 0.562. The minimum absolute atomic E-state index is 0.109. The Bertz CT molecular complexity index is 689. The van der Waals surface area contributed by atoms with E-state index in [1.165, 1.54) is 24.5 Å². The molecule has 1 aliphatic rings. The van der Waals surface area contributed by atoms with Crippen LogP contribution in [-0.4, -0.2) is 33.2 Å². The first-order chi connectivity index (χ1) is 10.8. The van der Waals surface area contributed by atoms with Crippen LogP contribution in [0.1, 0.15) is 31.4 Å². The topological polar surface area (TPSA) is 70.6 Å². The zero-order valence-corrected chi connectivity index (χ0v) is 14.6. The molecule has 1 aliphatic carbocycles. The molecule has 0 saturated heterocycles. The smallest absolute Gasteiger partial charge is 0.191 e. The van der Waals surface area contributed by atoms with Gasteiger partial charge in [-0.25, -0.2) is 17.8 Å². The van der Waals surface area contributed by atoms with Crippen molar-refractivity contribution in [1.29, 1.82) is 0 Å². The largest absolute Gasteiger partial charge is 0.357 e. The number of rotatable bonds is 6. The number of hydrogen-bond donors (Lipinski definition) is 2. The van der Waals surface area contributed by atoms with Gasteiger partial charge in [-0.05, 0) is 42.5 Å². The van der Waals surface area contributed by atoms with Crippen LogP contribution in [0.5, 0.6) is 0 Å². The Hall–Kier alpha value is -1.63. The van der Waals surface area contributed by atoms with Crippen LogP contribution >= 0.6 is 0 Å². The Kier molecular flexibility index (Phi) is 5.62. The van der Waals surface area contributed by atoms with Crippen molar-refractivity contribution in [2.24, 2.45) is 10.9 Å². The summed E-state index contributed by atoms with van der Waals surface area (Å²) in [6.45, 7) is 5.11. The van der Waals surface area contributed by atoms with Crippen LogP contribution < -0.4 is 10.6 Å². The number of sulfone groups is 1. The van der Waals surface area contributed by atoms with Crippen molar-refractivity contribution in [1.82, 2.24) is 10.6 Å². The van der Waals surface area contributed by atoms with Crippen molar-refractivity contribution in [2.45, 2.75) is 38.6 Å². The highest BCUT2D eigenvalue weighted by molar-refractivity contribution is 7.89. The lowest BCUT2D eigenvalue weighted by Gasteiger charge is -2.12. The van der Waals surface area contributed by atoms with E-state index >= 15 is 0 Å². The zero-order chi connectivity index (χ0) is 17.0. The molecule has 2 N–H and O–H groups in total. The van der Waals surface area contributed by atoms with Gasteiger partial charge in [-0.15, -0.1) is 0 Å². The first-order valence-electron chi connectivity index (χ1n) is 7.78. The fourth-order valence-electron chi connectivity index (χ4n) is 2.35. The minimum atomic E-state index is -3.18. The summed E-state index contributed by atoms with van der Waals surface area (Å²) < 4.78 is 36.5. The SMILES string of the molecule is CCNC(=NCc1cc(F)ccc1CS(C)(=O)=O)NC1CC1C. The number of nitrogens with zero attached hydrogens (tertiary/aromatic N) is 1. The van der Waals surface area contributed by atoms with E-state index in [9.17, 15) is 12.8 Å². The van der Waals surface area contributed by atoms with E-state index in [-0.39, 0.29) is 18.1 Å². The predicted octanol–water partition coefficient (Wildman–Crippen LogP) is 1.83. The molecule has 0 radical (unpaired) electrons. The lowest BCUT2D eigenvalue weighted by atomic mass is 10.1. The molecule has 23 heavy (non-hydrogen) atoms. The summed E-state index contributed by atoms with van der Waals surface area (Å²) in [5.74, 6) is 0.813. The van der Waals surface area contributed by atoms with Crippen molar-refractivity contribution >= 4 is 15.8 Å². The lowest BCUT2D eigenvalue weighted by Crippen LogP contribution is -2.39. The molecule has 128 valence electrons. The molecule has 0 spiro atoms. The van der Waals surface area contributed by atoms with Crippen molar-refractivity contribution in [3.05, 3.63) is 35.1 Å². The molecule has 0 amide bonds. The minimum Gasteiger partial charge on any atom is -0.357 e. The van der Waals surface area contributed by atoms with E-state index in [0.717, 1.165) is 13.0 Å². The van der Waals surface area contributed by atoms with Gasteiger partial charge in [0, 0.05) is 18.8 Å². The molecule has 7 heteroatoms. The molecule has 2 atom stereocenters. The summed E-state index contributed by atoms with van der Waals surface area (Å²) in [7, 11) is -3.18. The highest BCUT2D eigenvalue weighted by Gasteiger charge is 2.33. The molecule has 0 bridgehead atoms. The van der Waals surface area contributed by atoms with E-state index in [1.54, 1.807) is 0 Å². The molecule has 2 rings (SSSR count). The van der Waals surface area contributed by atoms with Crippen LogP contribution in [0, 0.1) is 11.7 Å². The molecule has 1 aromatic rings. The van der Waals surface area contributed by atoms with Crippen molar-refractivity contribution in [2.75, 3.05) is 12.8 Å². The first kappa shape index (κ1) is 17.7. The van der Waals surface area contributed by atoms with E-state index in [4.69, 9.17) is 0 Å². The molecule has 1 saturated carbocycles. The van der Waals surface area contributed by atoms with Crippen LogP contribution in [0.4, 0.5) is 4.39 Å². The highest BCUT2D eigenvalue weighted by Crippen LogP contribution is 2.28. The zero-order valence-electron chi connectivity index (χ0n) is 13.8. The maximum atomic E-state index is 13.5. The summed E-state index contributed by atoms with van der Waals surface area (Å²) >= 11 is 0. The van der Waals surface area contributed by atoms with Crippen LogP contribution in [0.3, 0.4) is 0 Å². The molecule has 1 fully saturated rings. The van der Waals surface area contributed by atoms with Gasteiger partial charge in [-0.3, -0.25) is 0 Å². The molecular formula is C16H24FN3O2S. The van der Waals surface area contributed by atoms with Crippen LogP contribution in [0.25, 0.3) is 0 Å². The van der Waals surface area contributed by atoms with Gasteiger partial charge in [-0.1, -0.05) is 13.0 Å². The van der Waals surface area contributed by atoms with Crippen molar-refractivity contribution in [3.63, 3.8) is 0 Å². The van der Waals surface area contributed by atoms with Gasteiger partial charge in [0.15, 0.2) is 15.8 Å². The maximum absolute atomic E-state index is 13.5. The Morgan fingerprint density at radius 2 is 2.09 bits per heavy atom. The summed E-state index contributed by atoms with van der Waals surface area (Å²) in [6.07, 6.45) is 2.28. The van der Waals surface area contributed by atoms with E-state index < -0.39 is 9.84 Å². The number of aliphatic imine (C=N–C) groups is 1. The van der Waals surface area contributed by atoms with Gasteiger partial charge in [0.1, 0.15) is 5.82 Å². The van der Waals surface area contributed by atoms with Gasteiger partial charge in [0.25, 0.3) is 0 Å². The van der Waals surface area contributed by atoms with E-state index in [1.807, 2.05) is 6.92 Å². The molecule has 0 aliphatic heterocycles. The van der Waals surface area contributed by atoms with E-state index in [0.29, 0.717) is 29.0 Å². The quantitative estimate of drug-likeness (QED) is 0.612. The van der Waals surface area contributed by atoms with Crippen LogP contribution in [0.2, 0.25) is 0 Å². The maximum Gasteiger partial charge on any atom is 0.191 e. The van der Waals surface area contributed by atoms with Crippen LogP contribution in [-0.2, 0) is 22.1 Å². The predicted molar refractivity (Wildman–Crippen MR) is 90.5 cm³/mol. The second-order valence-corrected chi connectivity index (χ2v) is 8.28. The Morgan fingerprint density at radius 1 is 1.39 bits per heavy atom. The molecule has 5 nitrogen and oxygen atoms in total. The number of hydrogen-bond acceptors (Lipinski definition) is 3. The number of nitrogens with one attached hydrogen (secondary N) is 2. The number of benzene rings is 1. The number of guanidine groups is 1. The number of halogens is 1. The van der Waals surface area contributed by atoms with Crippen molar-refractivity contribution < 1.29 is 12.8 Å². The average molecular weight is 341 g/mol. The second kappa shape index (κ2) is 7.29. The molecular weight excluding hydrogens is 317 g/mol. The third kappa shape index (κ3) is 5.82. The second-order valence-electron chi connectivity index (χ2n) is 6.14. The van der Waals surface area contributed by atoms with Gasteiger partial charge >= 0.3 is 0 Å². The Morgan fingerprint density at radius 3 is 2.65 bits per heavy atom. The standard InChI is InChI=1S/C16H24FN3O2S/c1-4-18-16(20-15-7-11(15)2)19-9-13-8-14(17)6-5-12(13)10-23(3,21)22/h5-6,8,11,15H,4,7,9-10H2,1-3H3,(H2,18,19,20). The monoisotopic (exact) mass is 341 g/mol. The van der Waals surface area contributed by atoms with Gasteiger partial charge < -0.3 is 10.6 Å². The third-order valence-electron chi connectivity index (χ3n) is 3.77. The molecule has 0 heterocycles. The summed E-state index contributed by atoms with van der Waals surface area (Å²) in [6, 6.07) is 4.58. The van der Waals surface area contributed by atoms with Crippen molar-refractivity contribution in [3.8, 4) is 0 Å². The normalized spacial score (nSPS) is 21.1. The lowest BCUT2D eigenvalue weighted by molar-refractivity contribution is 0.600. The first-order valence-corrected chi connectivity index (χ1v) is 9.84. The van der Waals surface area contributed by atoms with Gasteiger partial charge in [-0.2, -0.15) is 0 Å². The van der Waals surface area contributed by atoms with Gasteiger partial charge in [0.2, 0.25) is 0 Å². The molecule has 0 aromatic heterocycles. The highest BCUT2D eigenvalue weighted by atomic mass is 32.2. The summed E-state index contributed by atoms with van der Waals surface area (Å²) in [5.41, 5.74) is 1.18. The van der Waals surface area contributed by atoms with Crippen LogP contribution in [0.15, 0.2) is 23.2 Å². The van der Waals surface area contributed by atoms with E-state index in [2.05, 4.69) is 22.5 Å². The molecule has 2 unspecified atom stereocenters. The third-order valence-corrected chi connectivity index (χ3v) is 4.60. The Labute approximate surface area is 137 Å². The fourth-order valence-corrected chi connectivity index (χ4v) is 3.19. The van der Waals surface area contributed by atoms with Gasteiger partial charge in [0.05, 0.1) is 12.3 Å².